The van der Waals surface area contributed by atoms with Crippen LogP contribution < -0.4 is 10.6 Å². The lowest BCUT2D eigenvalue weighted by Gasteiger charge is -2.36. The number of halogens is 1. The van der Waals surface area contributed by atoms with Crippen molar-refractivity contribution in [3.63, 3.8) is 0 Å². The Kier molecular flexibility index (Phi) is 12.9. The third kappa shape index (κ3) is 9.61. The summed E-state index contributed by atoms with van der Waals surface area (Å²) in [5.41, 5.74) is -0.258. The van der Waals surface area contributed by atoms with Crippen molar-refractivity contribution in [3.8, 4) is 0 Å². The molecular formula is C37H54ClN5O6. The first-order chi connectivity index (χ1) is 23.2. The van der Waals surface area contributed by atoms with Gasteiger partial charge in [-0.2, -0.15) is 0 Å². The zero-order valence-corrected chi connectivity index (χ0v) is 30.7. The van der Waals surface area contributed by atoms with E-state index in [4.69, 9.17) is 16.4 Å². The summed E-state index contributed by atoms with van der Waals surface area (Å²) in [5.74, 6) is -2.20. The van der Waals surface area contributed by atoms with Gasteiger partial charge in [0.25, 0.3) is 5.91 Å². The third-order valence-electron chi connectivity index (χ3n) is 9.93. The van der Waals surface area contributed by atoms with Gasteiger partial charge < -0.3 is 25.3 Å². The first-order valence-corrected chi connectivity index (χ1v) is 18.3. The number of amides is 4. The number of likely N-dealkylation sites (N-methyl/N-ethyl adjacent to an activating group) is 1. The maximum Gasteiger partial charge on any atom is 0.291 e. The van der Waals surface area contributed by atoms with Crippen molar-refractivity contribution in [3.05, 3.63) is 34.9 Å². The Morgan fingerprint density at radius 1 is 1.08 bits per heavy atom. The van der Waals surface area contributed by atoms with Gasteiger partial charge in [0.05, 0.1) is 18.3 Å². The standard InChI is InChI=1S/C37H54ClN5O6/c1-7-13-27(31(45)34(47)42(6)18-8-2)39-33(46)29-22-37(21-28(41-49-37)25-16-12-17-26(38)20-25)23-43(29)35(48)32(36(3,4)5)40-30(44)19-24-14-10-9-11-15-24/h12,16-17,20,24,27,29,32H,7-11,13-15,18-19,21-23H2,1-6H3,(H,39,46)(H,40,44)/t27-,29-,32+,37+/m0/s1. The van der Waals surface area contributed by atoms with Crippen LogP contribution in [0, 0.1) is 11.3 Å². The quantitative estimate of drug-likeness (QED) is 0.277. The number of benzene rings is 1. The van der Waals surface area contributed by atoms with E-state index in [0.29, 0.717) is 48.9 Å². The molecule has 1 spiro atoms. The number of nitrogens with one attached hydrogen (secondary N) is 2. The average Bonchev–Trinajstić information content (AvgIpc) is 3.66. The van der Waals surface area contributed by atoms with Crippen LogP contribution in [0.4, 0.5) is 0 Å². The van der Waals surface area contributed by atoms with Crippen LogP contribution in [0.1, 0.15) is 111 Å². The molecule has 4 atom stereocenters. The summed E-state index contributed by atoms with van der Waals surface area (Å²) in [4.78, 5) is 77.3. The number of carbonyl (C=O) groups excluding carboxylic acids is 5. The molecule has 2 fully saturated rings. The summed E-state index contributed by atoms with van der Waals surface area (Å²) in [5, 5.41) is 10.8. The zero-order valence-electron chi connectivity index (χ0n) is 30.0. The van der Waals surface area contributed by atoms with E-state index in [0.717, 1.165) is 31.2 Å². The third-order valence-corrected chi connectivity index (χ3v) is 10.2. The van der Waals surface area contributed by atoms with Crippen LogP contribution in [-0.4, -0.2) is 88.8 Å². The maximum atomic E-state index is 14.6. The number of hydrogen-bond donors (Lipinski definition) is 2. The average molecular weight is 700 g/mol. The van der Waals surface area contributed by atoms with Crippen LogP contribution in [0.25, 0.3) is 0 Å². The second-order valence-corrected chi connectivity index (χ2v) is 15.6. The van der Waals surface area contributed by atoms with Crippen molar-refractivity contribution in [2.45, 2.75) is 129 Å². The number of likely N-dealkylation sites (tertiary alicyclic amines) is 1. The molecule has 1 aromatic rings. The second kappa shape index (κ2) is 16.5. The fourth-order valence-electron chi connectivity index (χ4n) is 7.24. The molecule has 1 aromatic carbocycles. The van der Waals surface area contributed by atoms with Crippen molar-refractivity contribution < 1.29 is 28.8 Å². The Bertz CT molecular complexity index is 1420. The van der Waals surface area contributed by atoms with Gasteiger partial charge in [0, 0.05) is 43.4 Å². The normalized spacial score (nSPS) is 22.2. The minimum Gasteiger partial charge on any atom is -0.387 e. The highest BCUT2D eigenvalue weighted by molar-refractivity contribution is 6.38. The Morgan fingerprint density at radius 2 is 1.80 bits per heavy atom. The van der Waals surface area contributed by atoms with Crippen molar-refractivity contribution in [2.24, 2.45) is 16.5 Å². The van der Waals surface area contributed by atoms with Crippen LogP contribution in [-0.2, 0) is 28.8 Å². The fraction of sp³-hybridized carbons (Fsp3) is 0.676. The van der Waals surface area contributed by atoms with Gasteiger partial charge in [-0.3, -0.25) is 24.0 Å². The lowest BCUT2D eigenvalue weighted by atomic mass is 9.84. The molecule has 1 aliphatic carbocycles. The minimum absolute atomic E-state index is 0.0487. The molecule has 3 aliphatic rings. The molecule has 4 rings (SSSR count). The first-order valence-electron chi connectivity index (χ1n) is 17.9. The molecule has 4 amide bonds. The van der Waals surface area contributed by atoms with Gasteiger partial charge in [0.1, 0.15) is 12.1 Å². The summed E-state index contributed by atoms with van der Waals surface area (Å²) >= 11 is 6.25. The van der Waals surface area contributed by atoms with Crippen molar-refractivity contribution in [1.29, 1.82) is 0 Å². The Hall–Kier alpha value is -3.47. The lowest BCUT2D eigenvalue weighted by molar-refractivity contribution is -0.147. The summed E-state index contributed by atoms with van der Waals surface area (Å²) in [6.07, 6.45) is 7.69. The summed E-state index contributed by atoms with van der Waals surface area (Å²) in [7, 11) is 1.57. The molecule has 49 heavy (non-hydrogen) atoms. The van der Waals surface area contributed by atoms with E-state index in [2.05, 4.69) is 15.8 Å². The van der Waals surface area contributed by atoms with E-state index in [1.807, 2.05) is 46.8 Å². The molecule has 2 heterocycles. The van der Waals surface area contributed by atoms with Gasteiger partial charge >= 0.3 is 0 Å². The van der Waals surface area contributed by atoms with Gasteiger partial charge in [0.15, 0.2) is 5.60 Å². The van der Waals surface area contributed by atoms with E-state index in [1.54, 1.807) is 19.2 Å². The highest BCUT2D eigenvalue weighted by atomic mass is 35.5. The number of rotatable bonds is 13. The molecule has 2 aliphatic heterocycles. The lowest BCUT2D eigenvalue weighted by Crippen LogP contribution is -2.59. The van der Waals surface area contributed by atoms with Gasteiger partial charge in [-0.25, -0.2) is 0 Å². The van der Waals surface area contributed by atoms with Crippen LogP contribution in [0.15, 0.2) is 29.4 Å². The van der Waals surface area contributed by atoms with Gasteiger partial charge in [-0.1, -0.05) is 89.2 Å². The Labute approximate surface area is 295 Å². The van der Waals surface area contributed by atoms with Crippen LogP contribution in [0.3, 0.4) is 0 Å². The molecule has 0 aromatic heterocycles. The van der Waals surface area contributed by atoms with Crippen LogP contribution in [0.2, 0.25) is 5.02 Å². The van der Waals surface area contributed by atoms with E-state index in [-0.39, 0.29) is 25.3 Å². The molecule has 0 unspecified atom stereocenters. The maximum absolute atomic E-state index is 14.6. The number of ketones is 1. The van der Waals surface area contributed by atoms with E-state index < -0.39 is 52.6 Å². The van der Waals surface area contributed by atoms with Gasteiger partial charge in [-0.15, -0.1) is 0 Å². The SMILES string of the molecule is CCC[C@H](NC(=O)[C@@H]1C[C@]2(CC(c3cccc(Cl)c3)=NO2)CN1C(=O)[C@@H](NC(=O)CC1CCCCC1)C(C)(C)C)C(=O)C(=O)N(C)CCC. The second-order valence-electron chi connectivity index (χ2n) is 15.2. The van der Waals surface area contributed by atoms with E-state index in [9.17, 15) is 24.0 Å². The summed E-state index contributed by atoms with van der Waals surface area (Å²) in [6, 6.07) is 4.25. The summed E-state index contributed by atoms with van der Waals surface area (Å²) in [6.45, 7) is 9.91. The largest absolute Gasteiger partial charge is 0.387 e. The predicted molar refractivity (Wildman–Crippen MR) is 189 cm³/mol. The minimum atomic E-state index is -1.05. The fourth-order valence-corrected chi connectivity index (χ4v) is 7.43. The molecule has 0 bridgehead atoms. The van der Waals surface area contributed by atoms with Gasteiger partial charge in [0.2, 0.25) is 23.5 Å². The monoisotopic (exact) mass is 699 g/mol. The predicted octanol–water partition coefficient (Wildman–Crippen LogP) is 5.03. The topological polar surface area (TPSA) is 137 Å². The molecule has 0 radical (unpaired) electrons. The molecule has 270 valence electrons. The molecular weight excluding hydrogens is 646 g/mol. The van der Waals surface area contributed by atoms with Crippen LogP contribution >= 0.6 is 11.6 Å². The molecule has 11 nitrogen and oxygen atoms in total. The number of oxime groups is 1. The first kappa shape index (κ1) is 38.3. The van der Waals surface area contributed by atoms with E-state index >= 15 is 0 Å². The van der Waals surface area contributed by atoms with Crippen LogP contribution in [0.5, 0.6) is 0 Å². The van der Waals surface area contributed by atoms with E-state index in [1.165, 1.54) is 16.2 Å². The number of nitrogens with zero attached hydrogens (tertiary/aromatic N) is 3. The van der Waals surface area contributed by atoms with Crippen molar-refractivity contribution in [2.75, 3.05) is 20.1 Å². The highest BCUT2D eigenvalue weighted by Crippen LogP contribution is 2.40. The molecule has 1 saturated heterocycles. The Morgan fingerprint density at radius 3 is 2.43 bits per heavy atom. The Balaban J connectivity index is 1.61. The highest BCUT2D eigenvalue weighted by Gasteiger charge is 2.55. The van der Waals surface area contributed by atoms with Gasteiger partial charge in [-0.05, 0) is 49.1 Å². The molecule has 2 N–H and O–H groups in total. The van der Waals surface area contributed by atoms with Crippen molar-refractivity contribution >= 4 is 46.7 Å². The zero-order chi connectivity index (χ0) is 35.9. The smallest absolute Gasteiger partial charge is 0.291 e. The molecule has 1 saturated carbocycles. The number of hydrogen-bond acceptors (Lipinski definition) is 7. The molecule has 12 heteroatoms. The number of carbonyl (C=O) groups is 5. The van der Waals surface area contributed by atoms with Crippen molar-refractivity contribution in [1.82, 2.24) is 20.4 Å². The summed E-state index contributed by atoms with van der Waals surface area (Å²) < 4.78 is 0. The number of Topliss-reactive ketones (excluding diaryl/α,β-unsaturated/α-hetero) is 1.